The number of rotatable bonds is 5. The van der Waals surface area contributed by atoms with Crippen molar-refractivity contribution >= 4 is 10.1 Å². The van der Waals surface area contributed by atoms with Crippen molar-refractivity contribution in [2.45, 2.75) is 45.1 Å². The highest BCUT2D eigenvalue weighted by atomic mass is 32.2. The zero-order valence-corrected chi connectivity index (χ0v) is 11.0. The van der Waals surface area contributed by atoms with E-state index < -0.39 is 10.1 Å². The molecular formula is C11H23NO3S. The molecule has 0 aromatic heterocycles. The van der Waals surface area contributed by atoms with Crippen LogP contribution in [-0.2, 0) is 10.1 Å². The summed E-state index contributed by atoms with van der Waals surface area (Å²) < 4.78 is 30.2. The van der Waals surface area contributed by atoms with Crippen LogP contribution < -0.4 is 0 Å². The molecule has 0 amide bonds. The van der Waals surface area contributed by atoms with Gasteiger partial charge in [0.1, 0.15) is 0 Å². The molecule has 0 saturated heterocycles. The molecule has 0 spiro atoms. The Morgan fingerprint density at radius 3 is 2.38 bits per heavy atom. The zero-order chi connectivity index (χ0) is 12.2. The van der Waals surface area contributed by atoms with E-state index in [0.717, 1.165) is 6.54 Å². The summed E-state index contributed by atoms with van der Waals surface area (Å²) in [5, 5.41) is 0. The molecule has 1 aliphatic carbocycles. The van der Waals surface area contributed by atoms with Gasteiger partial charge in [-0.1, -0.05) is 26.2 Å². The Balaban J connectivity index is 2.34. The summed E-state index contributed by atoms with van der Waals surface area (Å²) in [5.74, 6) is -0.147. The molecule has 1 rings (SSSR count). The third kappa shape index (κ3) is 5.27. The first-order chi connectivity index (χ1) is 7.38. The second kappa shape index (κ2) is 5.98. The first-order valence-corrected chi connectivity index (χ1v) is 7.65. The molecule has 1 aliphatic rings. The lowest BCUT2D eigenvalue weighted by Crippen LogP contribution is -2.37. The van der Waals surface area contributed by atoms with Gasteiger partial charge >= 0.3 is 0 Å². The minimum Gasteiger partial charge on any atom is -0.303 e. The molecular weight excluding hydrogens is 226 g/mol. The number of hydrogen-bond acceptors (Lipinski definition) is 3. The molecule has 16 heavy (non-hydrogen) atoms. The third-order valence-corrected chi connectivity index (χ3v) is 4.28. The van der Waals surface area contributed by atoms with E-state index >= 15 is 0 Å². The van der Waals surface area contributed by atoms with Gasteiger partial charge < -0.3 is 4.90 Å². The van der Waals surface area contributed by atoms with Crippen LogP contribution in [0.25, 0.3) is 0 Å². The molecule has 5 heteroatoms. The lowest BCUT2D eigenvalue weighted by atomic mass is 9.94. The van der Waals surface area contributed by atoms with E-state index in [9.17, 15) is 8.42 Å². The minimum absolute atomic E-state index is 0.0121. The molecule has 1 N–H and O–H groups in total. The van der Waals surface area contributed by atoms with Crippen LogP contribution in [0.1, 0.15) is 39.0 Å². The summed E-state index contributed by atoms with van der Waals surface area (Å²) in [6.45, 7) is 2.61. The highest BCUT2D eigenvalue weighted by Gasteiger charge is 2.21. The van der Waals surface area contributed by atoms with Crippen molar-refractivity contribution in [3.8, 4) is 0 Å². The minimum atomic E-state index is -3.83. The van der Waals surface area contributed by atoms with Crippen LogP contribution >= 0.6 is 0 Å². The molecule has 4 nitrogen and oxygen atoms in total. The summed E-state index contributed by atoms with van der Waals surface area (Å²) >= 11 is 0. The lowest BCUT2D eigenvalue weighted by Gasteiger charge is -2.32. The van der Waals surface area contributed by atoms with E-state index in [0.29, 0.717) is 6.04 Å². The van der Waals surface area contributed by atoms with Crippen molar-refractivity contribution in [1.29, 1.82) is 0 Å². The van der Waals surface area contributed by atoms with Gasteiger partial charge in [-0.25, -0.2) is 0 Å². The Labute approximate surface area is 98.8 Å². The summed E-state index contributed by atoms with van der Waals surface area (Å²) in [5.41, 5.74) is 0. The van der Waals surface area contributed by atoms with Gasteiger partial charge in [0.05, 0.1) is 5.75 Å². The molecule has 0 heterocycles. The fourth-order valence-corrected chi connectivity index (χ4v) is 3.40. The first-order valence-electron chi connectivity index (χ1n) is 6.04. The molecule has 0 radical (unpaired) electrons. The maximum absolute atomic E-state index is 10.7. The Kier molecular flexibility index (Phi) is 5.21. The monoisotopic (exact) mass is 249 g/mol. The highest BCUT2D eigenvalue weighted by molar-refractivity contribution is 7.85. The summed E-state index contributed by atoms with van der Waals surface area (Å²) in [6, 6.07) is 0.595. The SMILES string of the molecule is CC(CN(C)C1CCCCC1)CS(=O)(=O)O. The number of nitrogens with zero attached hydrogens (tertiary/aromatic N) is 1. The second-order valence-corrected chi connectivity index (χ2v) is 6.58. The zero-order valence-electron chi connectivity index (χ0n) is 10.2. The maximum atomic E-state index is 10.7. The summed E-state index contributed by atoms with van der Waals surface area (Å²) in [7, 11) is -1.77. The van der Waals surface area contributed by atoms with Gasteiger partial charge in [0.25, 0.3) is 10.1 Å². The summed E-state index contributed by atoms with van der Waals surface area (Å²) in [6.07, 6.45) is 6.32. The topological polar surface area (TPSA) is 57.6 Å². The van der Waals surface area contributed by atoms with Gasteiger partial charge in [0, 0.05) is 12.6 Å². The standard InChI is InChI=1S/C11H23NO3S/c1-10(9-16(13,14)15)8-12(2)11-6-4-3-5-7-11/h10-11H,3-9H2,1-2H3,(H,13,14,15). The fourth-order valence-electron chi connectivity index (χ4n) is 2.57. The molecule has 1 saturated carbocycles. The molecule has 1 fully saturated rings. The van der Waals surface area contributed by atoms with Gasteiger partial charge in [-0.05, 0) is 25.8 Å². The van der Waals surface area contributed by atoms with Crippen molar-refractivity contribution in [3.63, 3.8) is 0 Å². The Hall–Kier alpha value is -0.130. The van der Waals surface area contributed by atoms with E-state index in [1.165, 1.54) is 32.1 Å². The highest BCUT2D eigenvalue weighted by Crippen LogP contribution is 2.22. The van der Waals surface area contributed by atoms with Crippen LogP contribution in [0.3, 0.4) is 0 Å². The van der Waals surface area contributed by atoms with E-state index in [-0.39, 0.29) is 11.7 Å². The van der Waals surface area contributed by atoms with E-state index in [4.69, 9.17) is 4.55 Å². The Morgan fingerprint density at radius 1 is 1.31 bits per heavy atom. The van der Waals surface area contributed by atoms with Crippen molar-refractivity contribution in [2.75, 3.05) is 19.3 Å². The predicted octanol–water partition coefficient (Wildman–Crippen LogP) is 1.77. The van der Waals surface area contributed by atoms with Crippen LogP contribution in [0.2, 0.25) is 0 Å². The molecule has 96 valence electrons. The van der Waals surface area contributed by atoms with E-state index in [2.05, 4.69) is 11.9 Å². The van der Waals surface area contributed by atoms with Gasteiger partial charge in [-0.15, -0.1) is 0 Å². The third-order valence-electron chi connectivity index (χ3n) is 3.29. The van der Waals surface area contributed by atoms with Crippen molar-refractivity contribution in [1.82, 2.24) is 4.90 Å². The van der Waals surface area contributed by atoms with Crippen molar-refractivity contribution < 1.29 is 13.0 Å². The quantitative estimate of drug-likeness (QED) is 0.755. The predicted molar refractivity (Wildman–Crippen MR) is 65.1 cm³/mol. The van der Waals surface area contributed by atoms with Gasteiger partial charge in [0.15, 0.2) is 0 Å². The van der Waals surface area contributed by atoms with Crippen molar-refractivity contribution in [3.05, 3.63) is 0 Å². The van der Waals surface area contributed by atoms with Crippen molar-refractivity contribution in [2.24, 2.45) is 5.92 Å². The summed E-state index contributed by atoms with van der Waals surface area (Å²) in [4.78, 5) is 2.25. The van der Waals surface area contributed by atoms with Crippen LogP contribution in [0.4, 0.5) is 0 Å². The van der Waals surface area contributed by atoms with Crippen LogP contribution in [0.15, 0.2) is 0 Å². The van der Waals surface area contributed by atoms with Gasteiger partial charge in [0.2, 0.25) is 0 Å². The molecule has 1 unspecified atom stereocenters. The van der Waals surface area contributed by atoms with Gasteiger partial charge in [-0.3, -0.25) is 4.55 Å². The van der Waals surface area contributed by atoms with Crippen LogP contribution in [-0.4, -0.2) is 43.3 Å². The fraction of sp³-hybridized carbons (Fsp3) is 1.00. The van der Waals surface area contributed by atoms with Crippen LogP contribution in [0, 0.1) is 5.92 Å². The average molecular weight is 249 g/mol. The Morgan fingerprint density at radius 2 is 1.88 bits per heavy atom. The molecule has 0 aliphatic heterocycles. The van der Waals surface area contributed by atoms with E-state index in [1.54, 1.807) is 0 Å². The first kappa shape index (κ1) is 13.9. The normalized spacial score (nSPS) is 21.2. The Bertz CT molecular complexity index is 296. The second-order valence-electron chi connectivity index (χ2n) is 5.09. The lowest BCUT2D eigenvalue weighted by molar-refractivity contribution is 0.174. The number of hydrogen-bond donors (Lipinski definition) is 1. The largest absolute Gasteiger partial charge is 0.303 e. The molecule has 0 aromatic carbocycles. The van der Waals surface area contributed by atoms with Gasteiger partial charge in [-0.2, -0.15) is 8.42 Å². The molecule has 0 bridgehead atoms. The average Bonchev–Trinajstić information content (AvgIpc) is 2.16. The molecule has 0 aromatic rings. The van der Waals surface area contributed by atoms with E-state index in [1.807, 2.05) is 6.92 Å². The molecule has 1 atom stereocenters. The smallest absolute Gasteiger partial charge is 0.265 e. The van der Waals surface area contributed by atoms with Crippen LogP contribution in [0.5, 0.6) is 0 Å². The maximum Gasteiger partial charge on any atom is 0.265 e.